The highest BCUT2D eigenvalue weighted by molar-refractivity contribution is 7.92. The summed E-state index contributed by atoms with van der Waals surface area (Å²) in [6.45, 7) is 1.86. The topological polar surface area (TPSA) is 66.5 Å². The van der Waals surface area contributed by atoms with Crippen molar-refractivity contribution in [3.05, 3.63) is 29.8 Å². The van der Waals surface area contributed by atoms with Crippen LogP contribution < -0.4 is 5.32 Å². The van der Waals surface area contributed by atoms with Gasteiger partial charge in [0.15, 0.2) is 0 Å². The number of piperidine rings is 1. The minimum absolute atomic E-state index is 0.0288. The fraction of sp³-hybridized carbons (Fsp3) is 0.562. The molecule has 0 radical (unpaired) electrons. The van der Waals surface area contributed by atoms with Crippen molar-refractivity contribution in [3.63, 3.8) is 0 Å². The van der Waals surface area contributed by atoms with Crippen LogP contribution in [0.3, 0.4) is 0 Å². The highest BCUT2D eigenvalue weighted by atomic mass is 32.2. The Hall–Kier alpha value is -1.61. The van der Waals surface area contributed by atoms with Crippen molar-refractivity contribution in [2.75, 3.05) is 13.1 Å². The molecule has 1 saturated heterocycles. The summed E-state index contributed by atoms with van der Waals surface area (Å²) in [5.41, 5.74) is -5.21. The minimum Gasteiger partial charge on any atom is -0.349 e. The van der Waals surface area contributed by atoms with Crippen LogP contribution in [0.1, 0.15) is 36.0 Å². The number of nitrogens with zero attached hydrogens (tertiary/aromatic N) is 1. The first kappa shape index (κ1) is 18.2. The van der Waals surface area contributed by atoms with Gasteiger partial charge in [-0.2, -0.15) is 13.2 Å². The summed E-state index contributed by atoms with van der Waals surface area (Å²) in [5, 5.41) is 2.87. The first-order chi connectivity index (χ1) is 11.7. The van der Waals surface area contributed by atoms with E-state index in [0.29, 0.717) is 6.04 Å². The molecule has 9 heteroatoms. The van der Waals surface area contributed by atoms with Crippen molar-refractivity contribution in [1.29, 1.82) is 0 Å². The third-order valence-electron chi connectivity index (χ3n) is 4.66. The first-order valence-corrected chi connectivity index (χ1v) is 9.63. The van der Waals surface area contributed by atoms with Gasteiger partial charge in [-0.25, -0.2) is 8.42 Å². The second kappa shape index (κ2) is 6.60. The molecule has 3 rings (SSSR count). The molecule has 1 N–H and O–H groups in total. The van der Waals surface area contributed by atoms with Gasteiger partial charge in [0.05, 0.1) is 4.90 Å². The monoisotopic (exact) mass is 376 g/mol. The summed E-state index contributed by atoms with van der Waals surface area (Å²) in [6, 6.07) is 4.56. The molecule has 1 aromatic rings. The number of benzene rings is 1. The van der Waals surface area contributed by atoms with Crippen LogP contribution >= 0.6 is 0 Å². The van der Waals surface area contributed by atoms with Gasteiger partial charge in [0, 0.05) is 30.7 Å². The van der Waals surface area contributed by atoms with Crippen molar-refractivity contribution in [1.82, 2.24) is 10.2 Å². The molecule has 0 atom stereocenters. The number of halogens is 3. The van der Waals surface area contributed by atoms with E-state index < -0.39 is 26.1 Å². The lowest BCUT2D eigenvalue weighted by molar-refractivity contribution is -0.0436. The largest absolute Gasteiger partial charge is 0.501 e. The molecule has 0 bridgehead atoms. The van der Waals surface area contributed by atoms with Gasteiger partial charge < -0.3 is 10.2 Å². The smallest absolute Gasteiger partial charge is 0.349 e. The number of carbonyl (C=O) groups is 1. The third-order valence-corrected chi connectivity index (χ3v) is 6.16. The molecule has 2 fully saturated rings. The van der Waals surface area contributed by atoms with Gasteiger partial charge in [0.2, 0.25) is 0 Å². The second-order valence-electron chi connectivity index (χ2n) is 6.49. The number of hydrogen-bond donors (Lipinski definition) is 1. The van der Waals surface area contributed by atoms with Gasteiger partial charge in [-0.3, -0.25) is 4.79 Å². The van der Waals surface area contributed by atoms with Crippen molar-refractivity contribution >= 4 is 15.7 Å². The van der Waals surface area contributed by atoms with E-state index in [9.17, 15) is 26.4 Å². The highest BCUT2D eigenvalue weighted by Gasteiger charge is 2.46. The van der Waals surface area contributed by atoms with Gasteiger partial charge in [-0.1, -0.05) is 0 Å². The molecule has 138 valence electrons. The molecule has 0 unspecified atom stereocenters. The molecule has 25 heavy (non-hydrogen) atoms. The van der Waals surface area contributed by atoms with E-state index in [1.807, 2.05) is 0 Å². The molecule has 1 heterocycles. The molecular weight excluding hydrogens is 357 g/mol. The quantitative estimate of drug-likeness (QED) is 0.876. The van der Waals surface area contributed by atoms with Crippen molar-refractivity contribution in [2.45, 2.75) is 48.2 Å². The Morgan fingerprint density at radius 2 is 1.60 bits per heavy atom. The number of alkyl halides is 3. The lowest BCUT2D eigenvalue weighted by atomic mass is 10.0. The number of carbonyl (C=O) groups excluding carboxylic acids is 1. The Kier molecular flexibility index (Phi) is 4.80. The molecule has 0 aromatic heterocycles. The van der Waals surface area contributed by atoms with E-state index >= 15 is 0 Å². The molecule has 1 saturated carbocycles. The number of likely N-dealkylation sites (tertiary alicyclic amines) is 1. The summed E-state index contributed by atoms with van der Waals surface area (Å²) in [4.78, 5) is 13.8. The van der Waals surface area contributed by atoms with Crippen molar-refractivity contribution in [3.8, 4) is 0 Å². The van der Waals surface area contributed by atoms with E-state index in [0.717, 1.165) is 50.2 Å². The molecule has 2 aliphatic rings. The molecule has 1 aliphatic heterocycles. The molecule has 1 amide bonds. The number of hydrogen-bond acceptors (Lipinski definition) is 4. The minimum atomic E-state index is -5.39. The number of rotatable bonds is 4. The Morgan fingerprint density at radius 1 is 1.04 bits per heavy atom. The Balaban J connectivity index is 1.59. The van der Waals surface area contributed by atoms with E-state index in [1.54, 1.807) is 0 Å². The highest BCUT2D eigenvalue weighted by Crippen LogP contribution is 2.31. The van der Waals surface area contributed by atoms with Gasteiger partial charge >= 0.3 is 5.51 Å². The SMILES string of the molecule is O=C(NC1CCN(C2CC2)CC1)c1ccc(S(=O)(=O)C(F)(F)F)cc1. The Morgan fingerprint density at radius 3 is 2.08 bits per heavy atom. The van der Waals surface area contributed by atoms with E-state index in [2.05, 4.69) is 10.2 Å². The Bertz CT molecular complexity index is 735. The van der Waals surface area contributed by atoms with E-state index in [-0.39, 0.29) is 11.6 Å². The molecule has 0 spiro atoms. The standard InChI is InChI=1S/C16H19F3N2O3S/c17-16(18,19)25(23,24)14-5-1-11(2-6-14)15(22)20-12-7-9-21(10-8-12)13-3-4-13/h1-2,5-6,12-13H,3-4,7-10H2,(H,20,22). The molecule has 1 aliphatic carbocycles. The average Bonchev–Trinajstić information content (AvgIpc) is 3.39. The summed E-state index contributed by atoms with van der Waals surface area (Å²) in [7, 11) is -5.39. The summed E-state index contributed by atoms with van der Waals surface area (Å²) < 4.78 is 60.2. The van der Waals surface area contributed by atoms with Crippen molar-refractivity contribution < 1.29 is 26.4 Å². The lowest BCUT2D eigenvalue weighted by Crippen LogP contribution is -2.45. The number of nitrogens with one attached hydrogen (secondary N) is 1. The van der Waals surface area contributed by atoms with Crippen LogP contribution in [-0.4, -0.2) is 49.9 Å². The summed E-state index contributed by atoms with van der Waals surface area (Å²) in [5.74, 6) is -0.402. The average molecular weight is 376 g/mol. The van der Waals surface area contributed by atoms with E-state index in [4.69, 9.17) is 0 Å². The maximum absolute atomic E-state index is 12.5. The van der Waals surface area contributed by atoms with Crippen LogP contribution in [0.2, 0.25) is 0 Å². The van der Waals surface area contributed by atoms with Gasteiger partial charge in [-0.15, -0.1) is 0 Å². The Labute approximate surface area is 144 Å². The summed E-state index contributed by atoms with van der Waals surface area (Å²) >= 11 is 0. The van der Waals surface area contributed by atoms with E-state index in [1.165, 1.54) is 12.8 Å². The van der Waals surface area contributed by atoms with Gasteiger partial charge in [-0.05, 0) is 49.9 Å². The van der Waals surface area contributed by atoms with Crippen molar-refractivity contribution in [2.24, 2.45) is 0 Å². The predicted molar refractivity (Wildman–Crippen MR) is 84.8 cm³/mol. The van der Waals surface area contributed by atoms with Crippen LogP contribution in [0, 0.1) is 0 Å². The number of amides is 1. The van der Waals surface area contributed by atoms with Gasteiger partial charge in [0.1, 0.15) is 0 Å². The van der Waals surface area contributed by atoms with Crippen LogP contribution in [0.15, 0.2) is 29.2 Å². The fourth-order valence-electron chi connectivity index (χ4n) is 3.04. The molecule has 5 nitrogen and oxygen atoms in total. The fourth-order valence-corrected chi connectivity index (χ4v) is 3.80. The zero-order valence-electron chi connectivity index (χ0n) is 13.4. The normalized spacial score (nSPS) is 20.4. The predicted octanol–water partition coefficient (Wildman–Crippen LogP) is 2.34. The maximum Gasteiger partial charge on any atom is 0.501 e. The van der Waals surface area contributed by atoms with Crippen LogP contribution in [0.4, 0.5) is 13.2 Å². The van der Waals surface area contributed by atoms with Crippen LogP contribution in [-0.2, 0) is 9.84 Å². The first-order valence-electron chi connectivity index (χ1n) is 8.15. The van der Waals surface area contributed by atoms with Crippen LogP contribution in [0.5, 0.6) is 0 Å². The summed E-state index contributed by atoms with van der Waals surface area (Å²) in [6.07, 6.45) is 4.15. The lowest BCUT2D eigenvalue weighted by Gasteiger charge is -2.32. The zero-order valence-corrected chi connectivity index (χ0v) is 14.2. The molecule has 1 aromatic carbocycles. The molecular formula is C16H19F3N2O3S. The zero-order chi connectivity index (χ0) is 18.2. The number of sulfone groups is 1. The maximum atomic E-state index is 12.5. The third kappa shape index (κ3) is 3.98. The second-order valence-corrected chi connectivity index (χ2v) is 8.43. The van der Waals surface area contributed by atoms with Crippen LogP contribution in [0.25, 0.3) is 0 Å². The van der Waals surface area contributed by atoms with Gasteiger partial charge in [0.25, 0.3) is 15.7 Å².